The summed E-state index contributed by atoms with van der Waals surface area (Å²) in [4.78, 5) is 16.4. The minimum Gasteiger partial charge on any atom is -0.507 e. The maximum Gasteiger partial charge on any atom is 0.202 e. The Morgan fingerprint density at radius 1 is 0.970 bits per heavy atom. The summed E-state index contributed by atoms with van der Waals surface area (Å²) in [6, 6.07) is 7.62. The quantitative estimate of drug-likeness (QED) is 0.212. The first-order chi connectivity index (χ1) is 15.3. The van der Waals surface area contributed by atoms with Crippen molar-refractivity contribution in [2.45, 2.75) is 97.9 Å². The molecule has 1 aromatic heterocycles. The number of benzene rings is 1. The summed E-state index contributed by atoms with van der Waals surface area (Å²) in [5, 5.41) is 13.1. The third-order valence-corrected chi connectivity index (χ3v) is 6.92. The Morgan fingerprint density at radius 3 is 2.06 bits per heavy atom. The molecule has 0 amide bonds. The van der Waals surface area contributed by atoms with Crippen LogP contribution >= 0.6 is 23.7 Å². The number of thiophene rings is 1. The van der Waals surface area contributed by atoms with E-state index in [1.807, 2.05) is 29.6 Å². The highest BCUT2D eigenvalue weighted by atomic mass is 35.5. The highest BCUT2D eigenvalue weighted by Crippen LogP contribution is 2.36. The van der Waals surface area contributed by atoms with Crippen molar-refractivity contribution in [3.63, 3.8) is 0 Å². The highest BCUT2D eigenvalue weighted by Gasteiger charge is 2.24. The summed E-state index contributed by atoms with van der Waals surface area (Å²) in [7, 11) is 0. The second kappa shape index (κ2) is 14.8. The molecule has 1 aromatic carbocycles. The lowest BCUT2D eigenvalue weighted by Gasteiger charge is -2.27. The predicted octanol–water partition coefficient (Wildman–Crippen LogP) is 8.37. The van der Waals surface area contributed by atoms with Gasteiger partial charge in [-0.25, -0.2) is 0 Å². The number of phenolic OH excluding ortho intramolecular Hbond substituents is 1. The first-order valence-corrected chi connectivity index (χ1v) is 13.3. The summed E-state index contributed by atoms with van der Waals surface area (Å²) < 4.78 is 0. The van der Waals surface area contributed by atoms with E-state index in [-0.39, 0.29) is 23.6 Å². The van der Waals surface area contributed by atoms with Crippen molar-refractivity contribution in [2.24, 2.45) is 0 Å². The van der Waals surface area contributed by atoms with Gasteiger partial charge in [-0.15, -0.1) is 23.7 Å². The first-order valence-electron chi connectivity index (χ1n) is 12.4. The third kappa shape index (κ3) is 9.42. The molecule has 1 N–H and O–H groups in total. The van der Waals surface area contributed by atoms with Crippen LogP contribution in [0.3, 0.4) is 0 Å². The van der Waals surface area contributed by atoms with Crippen LogP contribution in [0.25, 0.3) is 0 Å². The standard InChI is InChI=1S/C28H43NO2S.ClH/c1-6-8-10-12-16-29(17-13-11-9-7-2)21-23-19-22(27(31)25-15-14-18-32-25)20-24(26(23)30)28(3,4)5;/h14-15,18-20,30H,6-13,16-17,21H2,1-5H3;1H. The number of hydrogen-bond acceptors (Lipinski definition) is 4. The number of aromatic hydroxyl groups is 1. The van der Waals surface area contributed by atoms with E-state index >= 15 is 0 Å². The van der Waals surface area contributed by atoms with Crippen LogP contribution in [0.5, 0.6) is 5.75 Å². The van der Waals surface area contributed by atoms with Gasteiger partial charge in [-0.05, 0) is 54.9 Å². The van der Waals surface area contributed by atoms with E-state index in [1.54, 1.807) is 0 Å². The molecule has 2 rings (SSSR count). The van der Waals surface area contributed by atoms with Gasteiger partial charge in [0.15, 0.2) is 0 Å². The van der Waals surface area contributed by atoms with Gasteiger partial charge in [0.05, 0.1) is 4.88 Å². The number of nitrogens with zero attached hydrogens (tertiary/aromatic N) is 1. The van der Waals surface area contributed by atoms with Gasteiger partial charge in [0.1, 0.15) is 5.75 Å². The van der Waals surface area contributed by atoms with Crippen LogP contribution in [0.1, 0.15) is 112 Å². The van der Waals surface area contributed by atoms with Crippen LogP contribution in [0.15, 0.2) is 29.6 Å². The summed E-state index contributed by atoms with van der Waals surface area (Å²) in [6.45, 7) is 13.5. The van der Waals surface area contributed by atoms with Crippen LogP contribution in [-0.2, 0) is 12.0 Å². The van der Waals surface area contributed by atoms with Gasteiger partial charge in [-0.1, -0.05) is 79.2 Å². The molecule has 2 aromatic rings. The number of unbranched alkanes of at least 4 members (excludes halogenated alkanes) is 6. The third-order valence-electron chi connectivity index (χ3n) is 6.05. The minimum absolute atomic E-state index is 0. The van der Waals surface area contributed by atoms with E-state index in [9.17, 15) is 9.90 Å². The molecule has 0 aliphatic rings. The van der Waals surface area contributed by atoms with E-state index in [1.165, 1.54) is 62.7 Å². The summed E-state index contributed by atoms with van der Waals surface area (Å²) in [6.07, 6.45) is 9.88. The van der Waals surface area contributed by atoms with Crippen molar-refractivity contribution in [2.75, 3.05) is 13.1 Å². The number of rotatable bonds is 14. The monoisotopic (exact) mass is 493 g/mol. The Hall–Kier alpha value is -1.36. The molecule has 3 nitrogen and oxygen atoms in total. The summed E-state index contributed by atoms with van der Waals surface area (Å²) in [5.41, 5.74) is 2.18. The molecular weight excluding hydrogens is 450 g/mol. The van der Waals surface area contributed by atoms with E-state index in [2.05, 4.69) is 39.5 Å². The fourth-order valence-electron chi connectivity index (χ4n) is 4.10. The molecule has 0 radical (unpaired) electrons. The number of halogens is 1. The van der Waals surface area contributed by atoms with E-state index < -0.39 is 0 Å². The predicted molar refractivity (Wildman–Crippen MR) is 145 cm³/mol. The van der Waals surface area contributed by atoms with Gasteiger partial charge in [0.2, 0.25) is 5.78 Å². The molecule has 0 fully saturated rings. The molecule has 0 atom stereocenters. The van der Waals surface area contributed by atoms with Crippen molar-refractivity contribution < 1.29 is 9.90 Å². The molecule has 0 saturated carbocycles. The van der Waals surface area contributed by atoms with E-state index in [0.717, 1.165) is 29.1 Å². The normalized spacial score (nSPS) is 11.6. The Labute approximate surface area is 212 Å². The lowest BCUT2D eigenvalue weighted by Crippen LogP contribution is -2.26. The number of carbonyl (C=O) groups is 1. The Morgan fingerprint density at radius 2 is 1.58 bits per heavy atom. The Balaban J connectivity index is 0.00000544. The molecule has 0 bridgehead atoms. The Kier molecular flexibility index (Phi) is 13.3. The molecular formula is C28H44ClNO2S. The zero-order valence-electron chi connectivity index (χ0n) is 21.3. The number of carbonyl (C=O) groups excluding carboxylic acids is 1. The van der Waals surface area contributed by atoms with Crippen LogP contribution < -0.4 is 0 Å². The van der Waals surface area contributed by atoms with Crippen LogP contribution in [0.2, 0.25) is 0 Å². The molecule has 0 saturated heterocycles. The molecule has 33 heavy (non-hydrogen) atoms. The van der Waals surface area contributed by atoms with Gasteiger partial charge in [-0.3, -0.25) is 9.69 Å². The summed E-state index contributed by atoms with van der Waals surface area (Å²) >= 11 is 1.47. The van der Waals surface area contributed by atoms with Crippen LogP contribution in [-0.4, -0.2) is 28.9 Å². The molecule has 1 heterocycles. The zero-order chi connectivity index (χ0) is 23.6. The molecule has 0 aliphatic carbocycles. The second-order valence-corrected chi connectivity index (χ2v) is 10.9. The lowest BCUT2D eigenvalue weighted by molar-refractivity contribution is 0.104. The lowest BCUT2D eigenvalue weighted by atomic mass is 9.83. The van der Waals surface area contributed by atoms with Crippen LogP contribution in [0.4, 0.5) is 0 Å². The second-order valence-electron chi connectivity index (χ2n) is 9.99. The Bertz CT molecular complexity index is 815. The fraction of sp³-hybridized carbons (Fsp3) is 0.607. The first kappa shape index (κ1) is 29.7. The highest BCUT2D eigenvalue weighted by molar-refractivity contribution is 7.12. The fourth-order valence-corrected chi connectivity index (χ4v) is 4.79. The largest absolute Gasteiger partial charge is 0.507 e. The summed E-state index contributed by atoms with van der Waals surface area (Å²) in [5.74, 6) is 0.400. The van der Waals surface area contributed by atoms with Gasteiger partial charge in [0, 0.05) is 23.2 Å². The van der Waals surface area contributed by atoms with E-state index in [4.69, 9.17) is 0 Å². The van der Waals surface area contributed by atoms with Crippen molar-refractivity contribution >= 4 is 29.5 Å². The average molecular weight is 494 g/mol. The van der Waals surface area contributed by atoms with Gasteiger partial charge < -0.3 is 5.11 Å². The molecule has 186 valence electrons. The number of hydrogen-bond donors (Lipinski definition) is 1. The molecule has 0 aliphatic heterocycles. The van der Waals surface area contributed by atoms with Gasteiger partial charge >= 0.3 is 0 Å². The van der Waals surface area contributed by atoms with Crippen molar-refractivity contribution in [3.8, 4) is 5.75 Å². The van der Waals surface area contributed by atoms with Crippen molar-refractivity contribution in [1.29, 1.82) is 0 Å². The smallest absolute Gasteiger partial charge is 0.202 e. The average Bonchev–Trinajstić information content (AvgIpc) is 3.28. The SMILES string of the molecule is CCCCCCN(CCCCCC)Cc1cc(C(=O)c2cccs2)cc(C(C)(C)C)c1O.Cl. The maximum absolute atomic E-state index is 13.1. The number of ketones is 1. The van der Waals surface area contributed by atoms with Crippen molar-refractivity contribution in [1.82, 2.24) is 4.90 Å². The van der Waals surface area contributed by atoms with Crippen molar-refractivity contribution in [3.05, 3.63) is 51.2 Å². The zero-order valence-corrected chi connectivity index (χ0v) is 22.9. The minimum atomic E-state index is -0.238. The topological polar surface area (TPSA) is 40.5 Å². The van der Waals surface area contributed by atoms with Crippen LogP contribution in [0, 0.1) is 0 Å². The molecule has 0 spiro atoms. The maximum atomic E-state index is 13.1. The van der Waals surface area contributed by atoms with Gasteiger partial charge in [-0.2, -0.15) is 0 Å². The molecule has 5 heteroatoms. The van der Waals surface area contributed by atoms with Gasteiger partial charge in [0.25, 0.3) is 0 Å². The molecule has 0 unspecified atom stereocenters. The van der Waals surface area contributed by atoms with E-state index in [0.29, 0.717) is 17.9 Å². The number of phenols is 1.